The van der Waals surface area contributed by atoms with Gasteiger partial charge in [0.25, 0.3) is 0 Å². The van der Waals surface area contributed by atoms with Crippen molar-refractivity contribution in [1.82, 2.24) is 4.98 Å². The quantitative estimate of drug-likeness (QED) is 0.769. The summed E-state index contributed by atoms with van der Waals surface area (Å²) in [5.74, 6) is -0.0649. The molecule has 1 aromatic heterocycles. The molecule has 0 spiro atoms. The molecule has 0 aromatic carbocycles. The number of hydrogen-bond donors (Lipinski definition) is 0. The van der Waals surface area contributed by atoms with Crippen LogP contribution in [0.5, 0.6) is 5.75 Å². The summed E-state index contributed by atoms with van der Waals surface area (Å²) in [5, 5.41) is 0. The van der Waals surface area contributed by atoms with Crippen LogP contribution in [0.1, 0.15) is 24.1 Å². The van der Waals surface area contributed by atoms with E-state index in [1.165, 1.54) is 6.07 Å². The predicted molar refractivity (Wildman–Crippen MR) is 52.4 cm³/mol. The smallest absolute Gasteiger partial charge is 0.433 e. The maximum absolute atomic E-state index is 12.6. The van der Waals surface area contributed by atoms with Crippen LogP contribution >= 0.6 is 11.6 Å². The van der Waals surface area contributed by atoms with Crippen LogP contribution in [0.3, 0.4) is 0 Å². The minimum atomic E-state index is -4.49. The van der Waals surface area contributed by atoms with Crippen molar-refractivity contribution in [1.29, 1.82) is 0 Å². The van der Waals surface area contributed by atoms with E-state index in [1.54, 1.807) is 0 Å². The molecule has 0 amide bonds. The number of ether oxygens (including phenoxy) is 1. The number of pyridine rings is 1. The number of halogens is 4. The Hall–Kier alpha value is -0.970. The van der Waals surface area contributed by atoms with Crippen LogP contribution in [0.2, 0.25) is 0 Å². The molecule has 1 aromatic rings. The average Bonchev–Trinajstić information content (AvgIpc) is 3.00. The molecule has 0 bridgehead atoms. The molecule has 0 atom stereocenters. The van der Waals surface area contributed by atoms with E-state index in [2.05, 4.69) is 4.98 Å². The van der Waals surface area contributed by atoms with Gasteiger partial charge in [0, 0.05) is 11.8 Å². The first kappa shape index (κ1) is 11.5. The molecule has 6 heteroatoms. The number of hydrogen-bond acceptors (Lipinski definition) is 2. The first-order chi connectivity index (χ1) is 7.52. The van der Waals surface area contributed by atoms with E-state index in [0.717, 1.165) is 19.0 Å². The molecule has 2 rings (SSSR count). The van der Waals surface area contributed by atoms with E-state index in [0.29, 0.717) is 0 Å². The third kappa shape index (κ3) is 2.40. The lowest BCUT2D eigenvalue weighted by atomic mass is 10.2. The Labute approximate surface area is 95.4 Å². The highest BCUT2D eigenvalue weighted by atomic mass is 35.5. The second kappa shape index (κ2) is 4.13. The van der Waals surface area contributed by atoms with Gasteiger partial charge in [-0.1, -0.05) is 0 Å². The lowest BCUT2D eigenvalue weighted by Gasteiger charge is -2.14. The fourth-order valence-corrected chi connectivity index (χ4v) is 1.58. The minimum absolute atomic E-state index is 0.0328. The zero-order valence-corrected chi connectivity index (χ0v) is 8.98. The molecular weight excluding hydrogens is 243 g/mol. The van der Waals surface area contributed by atoms with Gasteiger partial charge in [0.1, 0.15) is 5.75 Å². The lowest BCUT2D eigenvalue weighted by molar-refractivity contribution is -0.141. The van der Waals surface area contributed by atoms with Gasteiger partial charge in [-0.2, -0.15) is 13.2 Å². The molecule has 0 saturated heterocycles. The molecule has 0 unspecified atom stereocenters. The Morgan fingerprint density at radius 3 is 2.62 bits per heavy atom. The number of aromatic nitrogens is 1. The lowest BCUT2D eigenvalue weighted by Crippen LogP contribution is -2.13. The first-order valence-electron chi connectivity index (χ1n) is 4.80. The summed E-state index contributed by atoms with van der Waals surface area (Å²) in [6.45, 7) is 0. The van der Waals surface area contributed by atoms with Gasteiger partial charge in [-0.15, -0.1) is 11.6 Å². The molecule has 1 saturated carbocycles. The molecule has 1 aliphatic carbocycles. The molecular formula is C10H9ClF3NO. The Kier molecular flexibility index (Phi) is 2.97. The van der Waals surface area contributed by atoms with Crippen molar-refractivity contribution in [2.24, 2.45) is 0 Å². The van der Waals surface area contributed by atoms with Crippen molar-refractivity contribution < 1.29 is 17.9 Å². The Balaban J connectivity index is 2.37. The molecule has 88 valence electrons. The SMILES string of the molecule is FC(F)(F)c1nccc(OC2CC2)c1CCl. The second-order valence-corrected chi connectivity index (χ2v) is 3.85. The topological polar surface area (TPSA) is 22.1 Å². The second-order valence-electron chi connectivity index (χ2n) is 3.58. The highest BCUT2D eigenvalue weighted by Crippen LogP contribution is 2.37. The van der Waals surface area contributed by atoms with Crippen molar-refractivity contribution in [2.45, 2.75) is 31.0 Å². The van der Waals surface area contributed by atoms with Crippen LogP contribution in [0.25, 0.3) is 0 Å². The van der Waals surface area contributed by atoms with Crippen LogP contribution in [0.15, 0.2) is 12.3 Å². The Morgan fingerprint density at radius 1 is 1.44 bits per heavy atom. The van der Waals surface area contributed by atoms with Crippen LogP contribution < -0.4 is 4.74 Å². The van der Waals surface area contributed by atoms with Gasteiger partial charge in [0.2, 0.25) is 0 Å². The summed E-state index contributed by atoms with van der Waals surface area (Å²) in [6, 6.07) is 1.42. The first-order valence-corrected chi connectivity index (χ1v) is 5.33. The summed E-state index contributed by atoms with van der Waals surface area (Å²) in [5.41, 5.74) is -1.04. The number of alkyl halides is 4. The molecule has 0 radical (unpaired) electrons. The van der Waals surface area contributed by atoms with Gasteiger partial charge in [0.05, 0.1) is 12.0 Å². The van der Waals surface area contributed by atoms with Crippen LogP contribution in [-0.4, -0.2) is 11.1 Å². The Bertz CT molecular complexity index is 390. The van der Waals surface area contributed by atoms with Crippen LogP contribution in [0.4, 0.5) is 13.2 Å². The van der Waals surface area contributed by atoms with Crippen molar-refractivity contribution in [2.75, 3.05) is 0 Å². The fourth-order valence-electron chi connectivity index (χ4n) is 1.32. The third-order valence-electron chi connectivity index (χ3n) is 2.23. The number of nitrogens with zero attached hydrogens (tertiary/aromatic N) is 1. The van der Waals surface area contributed by atoms with Gasteiger partial charge >= 0.3 is 6.18 Å². The predicted octanol–water partition coefficient (Wildman–Crippen LogP) is 3.38. The Morgan fingerprint density at radius 2 is 2.12 bits per heavy atom. The normalized spacial score (nSPS) is 16.2. The van der Waals surface area contributed by atoms with E-state index >= 15 is 0 Å². The molecule has 1 fully saturated rings. The van der Waals surface area contributed by atoms with Crippen molar-refractivity contribution in [3.8, 4) is 5.75 Å². The zero-order valence-electron chi connectivity index (χ0n) is 8.22. The van der Waals surface area contributed by atoms with E-state index < -0.39 is 11.9 Å². The minimum Gasteiger partial charge on any atom is -0.490 e. The largest absolute Gasteiger partial charge is 0.490 e. The van der Waals surface area contributed by atoms with Crippen molar-refractivity contribution in [3.63, 3.8) is 0 Å². The standard InChI is InChI=1S/C10H9ClF3NO/c11-5-7-8(16-6-1-2-6)3-4-15-9(7)10(12,13)14/h3-4,6H,1-2,5H2. The average molecular weight is 252 g/mol. The van der Waals surface area contributed by atoms with Gasteiger partial charge in [-0.3, -0.25) is 4.98 Å². The highest BCUT2D eigenvalue weighted by Gasteiger charge is 2.37. The third-order valence-corrected chi connectivity index (χ3v) is 2.50. The van der Waals surface area contributed by atoms with E-state index in [9.17, 15) is 13.2 Å². The van der Waals surface area contributed by atoms with Crippen molar-refractivity contribution in [3.05, 3.63) is 23.5 Å². The van der Waals surface area contributed by atoms with Gasteiger partial charge in [-0.25, -0.2) is 0 Å². The summed E-state index contributed by atoms with van der Waals surface area (Å²) in [7, 11) is 0. The van der Waals surface area contributed by atoms with E-state index in [4.69, 9.17) is 16.3 Å². The summed E-state index contributed by atoms with van der Waals surface area (Å²) in [6.07, 6.45) is -1.61. The highest BCUT2D eigenvalue weighted by molar-refractivity contribution is 6.17. The fraction of sp³-hybridized carbons (Fsp3) is 0.500. The molecule has 2 nitrogen and oxygen atoms in total. The summed E-state index contributed by atoms with van der Waals surface area (Å²) in [4.78, 5) is 3.32. The summed E-state index contributed by atoms with van der Waals surface area (Å²) >= 11 is 5.53. The molecule has 0 N–H and O–H groups in total. The summed E-state index contributed by atoms with van der Waals surface area (Å²) < 4.78 is 43.1. The van der Waals surface area contributed by atoms with Gasteiger partial charge in [0.15, 0.2) is 5.69 Å². The zero-order chi connectivity index (χ0) is 11.8. The maximum Gasteiger partial charge on any atom is 0.433 e. The molecule has 0 aliphatic heterocycles. The van der Waals surface area contributed by atoms with Crippen LogP contribution in [0, 0.1) is 0 Å². The van der Waals surface area contributed by atoms with Gasteiger partial charge in [-0.05, 0) is 18.9 Å². The van der Waals surface area contributed by atoms with Gasteiger partial charge < -0.3 is 4.74 Å². The van der Waals surface area contributed by atoms with E-state index in [-0.39, 0.29) is 23.3 Å². The molecule has 16 heavy (non-hydrogen) atoms. The monoisotopic (exact) mass is 251 g/mol. The van der Waals surface area contributed by atoms with Crippen LogP contribution in [-0.2, 0) is 12.1 Å². The van der Waals surface area contributed by atoms with Crippen molar-refractivity contribution >= 4 is 11.6 Å². The van der Waals surface area contributed by atoms with E-state index in [1.807, 2.05) is 0 Å². The maximum atomic E-state index is 12.6. The molecule has 1 aliphatic rings. The molecule has 1 heterocycles. The number of rotatable bonds is 3.